The number of rotatable bonds is 7. The van der Waals surface area contributed by atoms with Gasteiger partial charge < -0.3 is 9.47 Å². The lowest BCUT2D eigenvalue weighted by atomic mass is 9.67. The molecule has 0 bridgehead atoms. The molecule has 0 saturated heterocycles. The van der Waals surface area contributed by atoms with E-state index in [4.69, 9.17) is 0 Å². The van der Waals surface area contributed by atoms with Crippen molar-refractivity contribution in [3.05, 3.63) is 265 Å². The fourth-order valence-corrected chi connectivity index (χ4v) is 10.2. The molecular weight excluding hydrogens is 737 g/mol. The number of hydrogen-bond donors (Lipinski definition) is 0. The Labute approximate surface area is 355 Å². The minimum atomic E-state index is -0.546. The molecule has 1 aromatic heterocycles. The van der Waals surface area contributed by atoms with Crippen molar-refractivity contribution < 1.29 is 0 Å². The molecule has 2 heteroatoms. The molecule has 1 aliphatic rings. The minimum Gasteiger partial charge on any atom is -0.310 e. The summed E-state index contributed by atoms with van der Waals surface area (Å²) in [7, 11) is 0. The van der Waals surface area contributed by atoms with Crippen LogP contribution in [0.1, 0.15) is 22.3 Å². The summed E-state index contributed by atoms with van der Waals surface area (Å²) in [6.45, 7) is 0. The number of hydrogen-bond acceptors (Lipinski definition) is 1. The molecule has 0 radical (unpaired) electrons. The molecule has 1 heterocycles. The van der Waals surface area contributed by atoms with Crippen molar-refractivity contribution in [2.75, 3.05) is 4.90 Å². The van der Waals surface area contributed by atoms with Crippen molar-refractivity contribution in [1.82, 2.24) is 4.57 Å². The molecule has 0 amide bonds. The summed E-state index contributed by atoms with van der Waals surface area (Å²) >= 11 is 0. The maximum atomic E-state index is 2.47. The first-order valence-electron chi connectivity index (χ1n) is 21.1. The van der Waals surface area contributed by atoms with E-state index in [9.17, 15) is 0 Å². The standard InChI is InChI=1S/C59H40N2/c1-5-18-41(19-6-1)42-22-17-29-48(36-42)61-57-31-16-15-30-52(57)53-35-33-50(40-58(53)61)60(47-27-11-4-12-28-47)49-32-34-51-54-37-43-20-13-14-21-44(43)38-55(54)59(56(51)39-49,45-23-7-2-8-24-45)46-25-9-3-10-26-46/h1-40H. The number of nitrogens with zero attached hydrogens (tertiary/aromatic N) is 2. The Morgan fingerprint density at radius 2 is 0.885 bits per heavy atom. The van der Waals surface area contributed by atoms with Crippen molar-refractivity contribution >= 4 is 49.6 Å². The molecule has 0 aliphatic heterocycles. The Morgan fingerprint density at radius 1 is 0.328 bits per heavy atom. The number of benzene rings is 10. The van der Waals surface area contributed by atoms with Crippen LogP contribution in [0.25, 0.3) is 60.5 Å². The topological polar surface area (TPSA) is 8.17 Å². The Hall–Kier alpha value is -7.94. The van der Waals surface area contributed by atoms with Crippen LogP contribution in [0.5, 0.6) is 0 Å². The van der Waals surface area contributed by atoms with Crippen LogP contribution in [-0.2, 0) is 5.41 Å². The van der Waals surface area contributed by atoms with E-state index >= 15 is 0 Å². The molecule has 12 rings (SSSR count). The third kappa shape index (κ3) is 5.50. The van der Waals surface area contributed by atoms with Gasteiger partial charge in [-0.1, -0.05) is 176 Å². The van der Waals surface area contributed by atoms with Crippen LogP contribution in [0, 0.1) is 0 Å². The lowest BCUT2D eigenvalue weighted by Gasteiger charge is -2.35. The molecule has 0 saturated carbocycles. The molecule has 0 fully saturated rings. The second-order valence-corrected chi connectivity index (χ2v) is 16.1. The second-order valence-electron chi connectivity index (χ2n) is 16.1. The van der Waals surface area contributed by atoms with Crippen molar-refractivity contribution in [1.29, 1.82) is 0 Å². The van der Waals surface area contributed by atoms with Gasteiger partial charge in [-0.3, -0.25) is 0 Å². The zero-order chi connectivity index (χ0) is 40.3. The number of para-hydroxylation sites is 2. The highest BCUT2D eigenvalue weighted by atomic mass is 15.1. The van der Waals surface area contributed by atoms with Crippen molar-refractivity contribution in [3.8, 4) is 27.9 Å². The first-order chi connectivity index (χ1) is 30.3. The molecule has 0 spiro atoms. The fraction of sp³-hybridized carbons (Fsp3) is 0.0169. The predicted octanol–water partition coefficient (Wildman–Crippen LogP) is 15.4. The number of aromatic nitrogens is 1. The van der Waals surface area contributed by atoms with Crippen LogP contribution in [0.3, 0.4) is 0 Å². The summed E-state index contributed by atoms with van der Waals surface area (Å²) < 4.78 is 2.43. The average Bonchev–Trinajstić information content (AvgIpc) is 3.81. The summed E-state index contributed by atoms with van der Waals surface area (Å²) in [5, 5.41) is 4.95. The Morgan fingerprint density at radius 3 is 1.62 bits per heavy atom. The van der Waals surface area contributed by atoms with Gasteiger partial charge in [0.2, 0.25) is 0 Å². The largest absolute Gasteiger partial charge is 0.310 e. The molecule has 11 aromatic rings. The Bertz CT molecular complexity index is 3360. The van der Waals surface area contributed by atoms with Gasteiger partial charge in [0.25, 0.3) is 0 Å². The quantitative estimate of drug-likeness (QED) is 0.156. The SMILES string of the molecule is c1ccc(-c2cccc(-n3c4ccccc4c4ccc(N(c5ccccc5)c5ccc6c(c5)C(c5ccccc5)(c5ccccc5)c5cc7ccccc7cc5-6)cc43)c2)cc1. The van der Waals surface area contributed by atoms with Crippen LogP contribution in [0.15, 0.2) is 243 Å². The molecule has 0 N–H and O–H groups in total. The summed E-state index contributed by atoms with van der Waals surface area (Å²) in [5.74, 6) is 0. The van der Waals surface area contributed by atoms with E-state index in [2.05, 4.69) is 252 Å². The van der Waals surface area contributed by atoms with Crippen LogP contribution in [0.2, 0.25) is 0 Å². The van der Waals surface area contributed by atoms with Crippen molar-refractivity contribution in [2.45, 2.75) is 5.41 Å². The van der Waals surface area contributed by atoms with Crippen molar-refractivity contribution in [3.63, 3.8) is 0 Å². The number of fused-ring (bicyclic) bond motifs is 7. The molecule has 0 unspecified atom stereocenters. The van der Waals surface area contributed by atoms with E-state index in [1.54, 1.807) is 0 Å². The van der Waals surface area contributed by atoms with Gasteiger partial charge in [0.05, 0.1) is 16.4 Å². The van der Waals surface area contributed by atoms with Gasteiger partial charge in [-0.25, -0.2) is 0 Å². The van der Waals surface area contributed by atoms with Gasteiger partial charge in [0.1, 0.15) is 0 Å². The van der Waals surface area contributed by atoms with E-state index in [0.717, 1.165) is 28.3 Å². The lowest BCUT2D eigenvalue weighted by molar-refractivity contribution is 0.769. The molecule has 286 valence electrons. The molecule has 2 nitrogen and oxygen atoms in total. The van der Waals surface area contributed by atoms with Gasteiger partial charge >= 0.3 is 0 Å². The summed E-state index contributed by atoms with van der Waals surface area (Å²) in [5.41, 5.74) is 16.3. The molecule has 1 aliphatic carbocycles. The molecule has 0 atom stereocenters. The summed E-state index contributed by atoms with van der Waals surface area (Å²) in [6, 6.07) is 89.2. The van der Waals surface area contributed by atoms with E-state index in [-0.39, 0.29) is 0 Å². The van der Waals surface area contributed by atoms with Crippen LogP contribution < -0.4 is 4.90 Å². The van der Waals surface area contributed by atoms with Gasteiger partial charge in [-0.15, -0.1) is 0 Å². The van der Waals surface area contributed by atoms with Gasteiger partial charge in [-0.05, 0) is 122 Å². The first kappa shape index (κ1) is 35.0. The maximum absolute atomic E-state index is 2.47. The van der Waals surface area contributed by atoms with Gasteiger partial charge in [-0.2, -0.15) is 0 Å². The third-order valence-corrected chi connectivity index (χ3v) is 12.8. The third-order valence-electron chi connectivity index (χ3n) is 12.8. The predicted molar refractivity (Wildman–Crippen MR) is 256 cm³/mol. The second kappa shape index (κ2) is 14.1. The highest BCUT2D eigenvalue weighted by Gasteiger charge is 2.46. The van der Waals surface area contributed by atoms with Crippen LogP contribution in [-0.4, -0.2) is 4.57 Å². The normalized spacial score (nSPS) is 12.7. The average molecular weight is 777 g/mol. The molecular formula is C59H40N2. The first-order valence-corrected chi connectivity index (χ1v) is 21.1. The Balaban J connectivity index is 1.11. The summed E-state index contributed by atoms with van der Waals surface area (Å²) in [6.07, 6.45) is 0. The fourth-order valence-electron chi connectivity index (χ4n) is 10.2. The van der Waals surface area contributed by atoms with E-state index in [0.29, 0.717) is 0 Å². The smallest absolute Gasteiger partial charge is 0.0714 e. The monoisotopic (exact) mass is 776 g/mol. The zero-order valence-electron chi connectivity index (χ0n) is 33.5. The van der Waals surface area contributed by atoms with Gasteiger partial charge in [0, 0.05) is 33.5 Å². The Kier molecular flexibility index (Phi) is 8.11. The highest BCUT2D eigenvalue weighted by molar-refractivity contribution is 6.10. The van der Waals surface area contributed by atoms with Gasteiger partial charge in [0.15, 0.2) is 0 Å². The van der Waals surface area contributed by atoms with E-state index in [1.807, 2.05) is 0 Å². The maximum Gasteiger partial charge on any atom is 0.0714 e. The van der Waals surface area contributed by atoms with E-state index < -0.39 is 5.41 Å². The minimum absolute atomic E-state index is 0.546. The molecule has 61 heavy (non-hydrogen) atoms. The number of anilines is 3. The zero-order valence-corrected chi connectivity index (χ0v) is 33.5. The highest BCUT2D eigenvalue weighted by Crippen LogP contribution is 2.58. The van der Waals surface area contributed by atoms with E-state index in [1.165, 1.54) is 71.6 Å². The van der Waals surface area contributed by atoms with Crippen molar-refractivity contribution in [2.24, 2.45) is 0 Å². The van der Waals surface area contributed by atoms with Crippen LogP contribution in [0.4, 0.5) is 17.1 Å². The van der Waals surface area contributed by atoms with Crippen LogP contribution >= 0.6 is 0 Å². The molecule has 10 aromatic carbocycles. The lowest BCUT2D eigenvalue weighted by Crippen LogP contribution is -2.28. The summed E-state index contributed by atoms with van der Waals surface area (Å²) in [4.78, 5) is 2.43.